The van der Waals surface area contributed by atoms with Crippen LogP contribution in [-0.4, -0.2) is 32.5 Å². The van der Waals surface area contributed by atoms with E-state index in [9.17, 15) is 0 Å². The van der Waals surface area contributed by atoms with E-state index in [0.29, 0.717) is 34.0 Å². The van der Waals surface area contributed by atoms with E-state index in [1.165, 1.54) is 0 Å². The van der Waals surface area contributed by atoms with Crippen LogP contribution in [0.1, 0.15) is 25.0 Å². The maximum absolute atomic E-state index is 8.64. The lowest BCUT2D eigenvalue weighted by atomic mass is 9.99. The molecule has 0 atom stereocenters. The average molecular weight is 432 g/mol. The Kier molecular flexibility index (Phi) is 6.89. The zero-order valence-corrected chi connectivity index (χ0v) is 18.7. The molecular formula is C23H29N9. The van der Waals surface area contributed by atoms with Crippen LogP contribution in [0.2, 0.25) is 0 Å². The Labute approximate surface area is 187 Å². The molecule has 0 fully saturated rings. The number of allylic oxidation sites excluding steroid dienone is 3. The van der Waals surface area contributed by atoms with Crippen molar-refractivity contribution in [1.82, 2.24) is 25.1 Å². The van der Waals surface area contributed by atoms with Gasteiger partial charge in [-0.15, -0.1) is 0 Å². The molecule has 3 rings (SSSR count). The van der Waals surface area contributed by atoms with Crippen molar-refractivity contribution in [2.75, 3.05) is 12.4 Å². The molecule has 0 spiro atoms. The Balaban J connectivity index is 1.94. The van der Waals surface area contributed by atoms with E-state index in [1.807, 2.05) is 39.1 Å². The first-order valence-corrected chi connectivity index (χ1v) is 10.2. The van der Waals surface area contributed by atoms with E-state index in [-0.39, 0.29) is 5.92 Å². The third-order valence-corrected chi connectivity index (χ3v) is 4.85. The third kappa shape index (κ3) is 5.12. The van der Waals surface area contributed by atoms with Crippen molar-refractivity contribution in [3.63, 3.8) is 0 Å². The van der Waals surface area contributed by atoms with Gasteiger partial charge in [0.25, 0.3) is 0 Å². The molecule has 0 amide bonds. The number of pyridine rings is 2. The van der Waals surface area contributed by atoms with Gasteiger partial charge in [-0.05, 0) is 42.0 Å². The number of aryl methyl sites for hydroxylation is 1. The average Bonchev–Trinajstić information content (AvgIpc) is 3.21. The zero-order chi connectivity index (χ0) is 23.3. The molecule has 9 nitrogen and oxygen atoms in total. The standard InChI is InChI=1S/C23H29N9/c1-14(2)15(9-24)8-21(25)31-22-6-5-19-20(30-22)7-16(10-28-19)18(12-27-3)23(26)17-11-29-32(4)13-17/h5-14,26-27H,24-25H2,1-4H3,(H,30,31)/b15-9+,18-12-,21-8+,26-23?. The van der Waals surface area contributed by atoms with E-state index >= 15 is 0 Å². The van der Waals surface area contributed by atoms with Crippen molar-refractivity contribution < 1.29 is 0 Å². The van der Waals surface area contributed by atoms with Gasteiger partial charge in [0.15, 0.2) is 0 Å². The molecule has 0 saturated carbocycles. The summed E-state index contributed by atoms with van der Waals surface area (Å²) >= 11 is 0. The highest BCUT2D eigenvalue weighted by Gasteiger charge is 2.14. The van der Waals surface area contributed by atoms with Gasteiger partial charge < -0.3 is 22.1 Å². The molecule has 3 aromatic rings. The molecule has 0 aliphatic rings. The monoisotopic (exact) mass is 431 g/mol. The largest absolute Gasteiger partial charge is 0.404 e. The summed E-state index contributed by atoms with van der Waals surface area (Å²) in [6, 6.07) is 5.59. The molecule has 7 N–H and O–H groups in total. The molecule has 0 aliphatic carbocycles. The van der Waals surface area contributed by atoms with Crippen LogP contribution in [0.15, 0.2) is 66.7 Å². The van der Waals surface area contributed by atoms with Gasteiger partial charge in [-0.1, -0.05) is 13.8 Å². The summed E-state index contributed by atoms with van der Waals surface area (Å²) in [6.07, 6.45) is 10.3. The normalized spacial score (nSPS) is 13.0. The Bertz CT molecular complexity index is 1220. The molecule has 0 radical (unpaired) electrons. The Hall–Kier alpha value is -4.14. The van der Waals surface area contributed by atoms with Crippen LogP contribution in [0.25, 0.3) is 16.6 Å². The molecule has 0 aliphatic heterocycles. The van der Waals surface area contributed by atoms with Crippen molar-refractivity contribution in [3.8, 4) is 0 Å². The van der Waals surface area contributed by atoms with Gasteiger partial charge in [0, 0.05) is 49.4 Å². The quantitative estimate of drug-likeness (QED) is 0.272. The highest BCUT2D eigenvalue weighted by molar-refractivity contribution is 6.30. The van der Waals surface area contributed by atoms with Gasteiger partial charge in [0.2, 0.25) is 0 Å². The second kappa shape index (κ2) is 9.78. The summed E-state index contributed by atoms with van der Waals surface area (Å²) in [5, 5.41) is 18.9. The molecule has 166 valence electrons. The first kappa shape index (κ1) is 22.5. The Morgan fingerprint density at radius 3 is 2.59 bits per heavy atom. The first-order valence-electron chi connectivity index (χ1n) is 10.2. The van der Waals surface area contributed by atoms with Crippen LogP contribution < -0.4 is 22.1 Å². The van der Waals surface area contributed by atoms with E-state index < -0.39 is 0 Å². The molecule has 3 aromatic heterocycles. The first-order chi connectivity index (χ1) is 15.3. The van der Waals surface area contributed by atoms with E-state index in [1.54, 1.807) is 48.8 Å². The molecule has 32 heavy (non-hydrogen) atoms. The second-order valence-electron chi connectivity index (χ2n) is 7.63. The lowest BCUT2D eigenvalue weighted by Gasteiger charge is -2.11. The van der Waals surface area contributed by atoms with Crippen LogP contribution in [0.3, 0.4) is 0 Å². The Morgan fingerprint density at radius 1 is 1.19 bits per heavy atom. The lowest BCUT2D eigenvalue weighted by molar-refractivity contribution is 0.767. The number of rotatable bonds is 8. The molecule has 9 heteroatoms. The number of hydrogen-bond acceptors (Lipinski definition) is 8. The van der Waals surface area contributed by atoms with Crippen LogP contribution in [-0.2, 0) is 7.05 Å². The third-order valence-electron chi connectivity index (χ3n) is 4.85. The number of aromatic nitrogens is 4. The zero-order valence-electron chi connectivity index (χ0n) is 18.7. The molecule has 0 bridgehead atoms. The van der Waals surface area contributed by atoms with Gasteiger partial charge in [-0.2, -0.15) is 5.10 Å². The second-order valence-corrected chi connectivity index (χ2v) is 7.63. The topological polar surface area (TPSA) is 144 Å². The fourth-order valence-corrected chi connectivity index (χ4v) is 3.14. The van der Waals surface area contributed by atoms with Crippen LogP contribution in [0, 0.1) is 11.3 Å². The summed E-state index contributed by atoms with van der Waals surface area (Å²) in [6.45, 7) is 4.09. The van der Waals surface area contributed by atoms with E-state index in [2.05, 4.69) is 25.7 Å². The summed E-state index contributed by atoms with van der Waals surface area (Å²) in [5.74, 6) is 1.29. The number of nitrogens with two attached hydrogens (primary N) is 2. The number of nitrogens with one attached hydrogen (secondary N) is 3. The predicted molar refractivity (Wildman–Crippen MR) is 130 cm³/mol. The smallest absolute Gasteiger partial charge is 0.132 e. The highest BCUT2D eigenvalue weighted by Crippen LogP contribution is 2.23. The van der Waals surface area contributed by atoms with Gasteiger partial charge >= 0.3 is 0 Å². The van der Waals surface area contributed by atoms with E-state index in [4.69, 9.17) is 16.9 Å². The highest BCUT2D eigenvalue weighted by atomic mass is 15.2. The number of fused-ring (bicyclic) bond motifs is 1. The van der Waals surface area contributed by atoms with Gasteiger partial charge in [0.1, 0.15) is 11.6 Å². The fraction of sp³-hybridized carbons (Fsp3) is 0.217. The fourth-order valence-electron chi connectivity index (χ4n) is 3.14. The number of hydrogen-bond donors (Lipinski definition) is 5. The minimum absolute atomic E-state index is 0.254. The van der Waals surface area contributed by atoms with Crippen LogP contribution in [0.4, 0.5) is 5.82 Å². The van der Waals surface area contributed by atoms with Gasteiger partial charge in [-0.3, -0.25) is 15.1 Å². The molecular weight excluding hydrogens is 402 g/mol. The molecule has 0 unspecified atom stereocenters. The minimum atomic E-state index is 0.254. The maximum atomic E-state index is 8.64. The lowest BCUT2D eigenvalue weighted by Crippen LogP contribution is -2.12. The Morgan fingerprint density at radius 2 is 1.97 bits per heavy atom. The van der Waals surface area contributed by atoms with Gasteiger partial charge in [-0.25, -0.2) is 4.98 Å². The van der Waals surface area contributed by atoms with Crippen LogP contribution in [0.5, 0.6) is 0 Å². The van der Waals surface area contributed by atoms with E-state index in [0.717, 1.165) is 16.7 Å². The van der Waals surface area contributed by atoms with Crippen molar-refractivity contribution >= 4 is 28.1 Å². The van der Waals surface area contributed by atoms with Crippen molar-refractivity contribution in [2.24, 2.45) is 24.4 Å². The summed E-state index contributed by atoms with van der Waals surface area (Å²) < 4.78 is 1.67. The number of nitrogens with zero attached hydrogens (tertiary/aromatic N) is 4. The molecule has 0 aromatic carbocycles. The maximum Gasteiger partial charge on any atom is 0.132 e. The van der Waals surface area contributed by atoms with Crippen LogP contribution >= 0.6 is 0 Å². The summed E-state index contributed by atoms with van der Waals surface area (Å²) in [4.78, 5) is 9.18. The van der Waals surface area contributed by atoms with Crippen molar-refractivity contribution in [2.45, 2.75) is 13.8 Å². The van der Waals surface area contributed by atoms with Gasteiger partial charge in [0.05, 0.1) is 22.9 Å². The summed E-state index contributed by atoms with van der Waals surface area (Å²) in [5.41, 5.74) is 16.7. The molecule has 0 saturated heterocycles. The summed E-state index contributed by atoms with van der Waals surface area (Å²) in [7, 11) is 3.61. The van der Waals surface area contributed by atoms with Crippen molar-refractivity contribution in [3.05, 3.63) is 77.8 Å². The number of anilines is 1. The van der Waals surface area contributed by atoms with Crippen molar-refractivity contribution in [1.29, 1.82) is 5.41 Å². The molecule has 3 heterocycles. The SMILES string of the molecule is CN/C=C(\C(=N)c1cnn(C)c1)c1cnc2ccc(N/C(N)=C/C(=C\N)C(C)C)nc2c1. The predicted octanol–water partition coefficient (Wildman–Crippen LogP) is 2.70. The minimum Gasteiger partial charge on any atom is -0.404 e.